The Labute approximate surface area is 93.5 Å². The van der Waals surface area contributed by atoms with E-state index in [0.29, 0.717) is 29.1 Å². The summed E-state index contributed by atoms with van der Waals surface area (Å²) >= 11 is 0. The van der Waals surface area contributed by atoms with Crippen LogP contribution < -0.4 is 10.5 Å². The molecule has 2 rings (SSSR count). The third kappa shape index (κ3) is 2.08. The van der Waals surface area contributed by atoms with E-state index in [1.165, 1.54) is 6.42 Å². The zero-order chi connectivity index (χ0) is 11.4. The Bertz CT molecular complexity index is 467. The van der Waals surface area contributed by atoms with Gasteiger partial charge >= 0.3 is 0 Å². The van der Waals surface area contributed by atoms with Crippen molar-refractivity contribution in [3.8, 4) is 5.75 Å². The fourth-order valence-electron chi connectivity index (χ4n) is 1.51. The van der Waals surface area contributed by atoms with Crippen LogP contribution in [0.1, 0.15) is 26.2 Å². The Kier molecular flexibility index (Phi) is 3.24. The minimum absolute atomic E-state index is 0.553. The molecule has 2 aromatic rings. The molecule has 0 unspecified atom stereocenters. The number of hydrogen-bond acceptors (Lipinski definition) is 5. The Balaban J connectivity index is 2.12. The molecule has 1 aromatic heterocycles. The van der Waals surface area contributed by atoms with E-state index in [9.17, 15) is 0 Å². The summed E-state index contributed by atoms with van der Waals surface area (Å²) in [5, 5.41) is 7.52. The van der Waals surface area contributed by atoms with Gasteiger partial charge in [-0.2, -0.15) is 0 Å². The second kappa shape index (κ2) is 4.83. The van der Waals surface area contributed by atoms with Gasteiger partial charge in [0.05, 0.1) is 12.3 Å². The summed E-state index contributed by atoms with van der Waals surface area (Å²) in [5.74, 6) is 0.682. The first kappa shape index (κ1) is 10.7. The van der Waals surface area contributed by atoms with Crippen LogP contribution in [0.2, 0.25) is 0 Å². The van der Waals surface area contributed by atoms with E-state index in [0.717, 1.165) is 12.8 Å². The molecule has 2 N–H and O–H groups in total. The minimum atomic E-state index is 0.553. The van der Waals surface area contributed by atoms with Crippen LogP contribution in [0.4, 0.5) is 5.69 Å². The van der Waals surface area contributed by atoms with Gasteiger partial charge in [0, 0.05) is 0 Å². The summed E-state index contributed by atoms with van der Waals surface area (Å²) in [6.07, 6.45) is 3.37. The van der Waals surface area contributed by atoms with Crippen molar-refractivity contribution >= 4 is 16.7 Å². The predicted octanol–water partition coefficient (Wildman–Crippen LogP) is 2.37. The van der Waals surface area contributed by atoms with Crippen molar-refractivity contribution in [2.24, 2.45) is 0 Å². The molecule has 0 amide bonds. The van der Waals surface area contributed by atoms with E-state index >= 15 is 0 Å². The van der Waals surface area contributed by atoms with Crippen LogP contribution in [0.5, 0.6) is 5.75 Å². The van der Waals surface area contributed by atoms with E-state index < -0.39 is 0 Å². The smallest absolute Gasteiger partial charge is 0.179 e. The zero-order valence-corrected chi connectivity index (χ0v) is 9.27. The summed E-state index contributed by atoms with van der Waals surface area (Å²) in [4.78, 5) is 0. The summed E-state index contributed by atoms with van der Waals surface area (Å²) in [6.45, 7) is 2.84. The molecule has 1 heterocycles. The normalized spacial score (nSPS) is 10.8. The number of benzene rings is 1. The van der Waals surface area contributed by atoms with Gasteiger partial charge < -0.3 is 10.5 Å². The first-order valence-corrected chi connectivity index (χ1v) is 5.46. The van der Waals surface area contributed by atoms with Crippen molar-refractivity contribution in [2.45, 2.75) is 26.2 Å². The van der Waals surface area contributed by atoms with E-state index in [1.54, 1.807) is 12.1 Å². The highest BCUT2D eigenvalue weighted by molar-refractivity contribution is 5.90. The zero-order valence-electron chi connectivity index (χ0n) is 9.27. The summed E-state index contributed by atoms with van der Waals surface area (Å²) < 4.78 is 10.3. The number of rotatable bonds is 5. The Morgan fingerprint density at radius 2 is 2.06 bits per heavy atom. The molecule has 5 nitrogen and oxygen atoms in total. The second-order valence-corrected chi connectivity index (χ2v) is 3.67. The molecule has 0 bridgehead atoms. The summed E-state index contributed by atoms with van der Waals surface area (Å²) in [7, 11) is 0. The van der Waals surface area contributed by atoms with Crippen molar-refractivity contribution in [1.82, 2.24) is 10.3 Å². The van der Waals surface area contributed by atoms with Crippen LogP contribution in [0, 0.1) is 0 Å². The molecule has 86 valence electrons. The fraction of sp³-hybridized carbons (Fsp3) is 0.455. The van der Waals surface area contributed by atoms with Crippen molar-refractivity contribution in [2.75, 3.05) is 12.3 Å². The second-order valence-electron chi connectivity index (χ2n) is 3.67. The Morgan fingerprint density at radius 3 is 2.88 bits per heavy atom. The number of unbranched alkanes of at least 4 members (excludes halogenated alkanes) is 2. The maximum Gasteiger partial charge on any atom is 0.179 e. The lowest BCUT2D eigenvalue weighted by atomic mass is 10.2. The van der Waals surface area contributed by atoms with E-state index in [1.807, 2.05) is 0 Å². The van der Waals surface area contributed by atoms with Gasteiger partial charge in [0.15, 0.2) is 16.8 Å². The molecule has 0 atom stereocenters. The van der Waals surface area contributed by atoms with Crippen LogP contribution in [0.25, 0.3) is 11.0 Å². The molecular weight excluding hydrogens is 206 g/mol. The van der Waals surface area contributed by atoms with E-state index in [4.69, 9.17) is 10.5 Å². The lowest BCUT2D eigenvalue weighted by molar-refractivity contribution is 0.299. The van der Waals surface area contributed by atoms with Crippen molar-refractivity contribution < 1.29 is 9.37 Å². The van der Waals surface area contributed by atoms with Gasteiger partial charge in [-0.25, -0.2) is 4.63 Å². The minimum Gasteiger partial charge on any atom is -0.491 e. The van der Waals surface area contributed by atoms with Crippen molar-refractivity contribution in [3.63, 3.8) is 0 Å². The molecule has 0 aliphatic heterocycles. The maximum atomic E-state index is 5.73. The van der Waals surface area contributed by atoms with Gasteiger partial charge in [0.1, 0.15) is 0 Å². The number of nitrogen functional groups attached to an aromatic ring is 1. The molecular formula is C11H15N3O2. The predicted molar refractivity (Wildman–Crippen MR) is 61.2 cm³/mol. The molecule has 0 radical (unpaired) electrons. The monoisotopic (exact) mass is 221 g/mol. The molecule has 0 aliphatic carbocycles. The SMILES string of the molecule is CCCCCOc1ccc(N)c2nonc12. The van der Waals surface area contributed by atoms with Gasteiger partial charge in [-0.15, -0.1) is 0 Å². The Hall–Kier alpha value is -1.78. The molecule has 0 spiro atoms. The molecule has 5 heteroatoms. The highest BCUT2D eigenvalue weighted by Crippen LogP contribution is 2.27. The summed E-state index contributed by atoms with van der Waals surface area (Å²) in [6, 6.07) is 3.55. The number of nitrogens with zero attached hydrogens (tertiary/aromatic N) is 2. The third-order valence-electron chi connectivity index (χ3n) is 2.42. The van der Waals surface area contributed by atoms with Gasteiger partial charge in [-0.1, -0.05) is 19.8 Å². The Morgan fingerprint density at radius 1 is 1.25 bits per heavy atom. The standard InChI is InChI=1S/C11H15N3O2/c1-2-3-4-7-15-9-6-5-8(12)10-11(9)14-16-13-10/h5-6H,2-4,7,12H2,1H3. The first-order chi connectivity index (χ1) is 7.83. The van der Waals surface area contributed by atoms with Gasteiger partial charge in [0.25, 0.3) is 0 Å². The number of aromatic nitrogens is 2. The fourth-order valence-corrected chi connectivity index (χ4v) is 1.51. The third-order valence-corrected chi connectivity index (χ3v) is 2.42. The van der Waals surface area contributed by atoms with Crippen molar-refractivity contribution in [3.05, 3.63) is 12.1 Å². The van der Waals surface area contributed by atoms with Crippen LogP contribution in [-0.2, 0) is 0 Å². The molecule has 0 saturated carbocycles. The van der Waals surface area contributed by atoms with Gasteiger partial charge in [-0.05, 0) is 28.9 Å². The van der Waals surface area contributed by atoms with Crippen molar-refractivity contribution in [1.29, 1.82) is 0 Å². The van der Waals surface area contributed by atoms with Crippen LogP contribution in [-0.4, -0.2) is 16.9 Å². The maximum absolute atomic E-state index is 5.73. The largest absolute Gasteiger partial charge is 0.491 e. The van der Waals surface area contributed by atoms with Gasteiger partial charge in [0.2, 0.25) is 0 Å². The average Bonchev–Trinajstić information content (AvgIpc) is 2.77. The molecule has 0 saturated heterocycles. The molecule has 0 fully saturated rings. The number of ether oxygens (including phenoxy) is 1. The first-order valence-electron chi connectivity index (χ1n) is 5.46. The van der Waals surface area contributed by atoms with Gasteiger partial charge in [-0.3, -0.25) is 0 Å². The number of anilines is 1. The lowest BCUT2D eigenvalue weighted by Crippen LogP contribution is -1.98. The number of nitrogens with two attached hydrogens (primary N) is 1. The average molecular weight is 221 g/mol. The number of hydrogen-bond donors (Lipinski definition) is 1. The number of fused-ring (bicyclic) bond motifs is 1. The quantitative estimate of drug-likeness (QED) is 0.619. The van der Waals surface area contributed by atoms with Crippen LogP contribution in [0.3, 0.4) is 0 Å². The molecule has 1 aromatic carbocycles. The molecule has 0 aliphatic rings. The van der Waals surface area contributed by atoms with E-state index in [2.05, 4.69) is 21.9 Å². The highest BCUT2D eigenvalue weighted by atomic mass is 16.6. The highest BCUT2D eigenvalue weighted by Gasteiger charge is 2.10. The lowest BCUT2D eigenvalue weighted by Gasteiger charge is -2.05. The topological polar surface area (TPSA) is 74.2 Å². The van der Waals surface area contributed by atoms with E-state index in [-0.39, 0.29) is 0 Å². The van der Waals surface area contributed by atoms with Crippen LogP contribution >= 0.6 is 0 Å². The molecule has 16 heavy (non-hydrogen) atoms. The summed E-state index contributed by atoms with van der Waals surface area (Å²) in [5.41, 5.74) is 7.44. The van der Waals surface area contributed by atoms with Crippen LogP contribution in [0.15, 0.2) is 16.8 Å².